The molecule has 91 valence electrons. The van der Waals surface area contributed by atoms with Crippen LogP contribution in [-0.4, -0.2) is 18.1 Å². The monoisotopic (exact) mass is 481 g/mol. The first kappa shape index (κ1) is 22.5. The van der Waals surface area contributed by atoms with E-state index in [1.165, 1.54) is 0 Å². The molecule has 0 spiro atoms. The number of carbonyl (C=O) groups is 1. The minimum atomic E-state index is -0.223. The molecule has 1 aromatic carbocycles. The third-order valence-electron chi connectivity index (χ3n) is 2.20. The first-order valence-electron chi connectivity index (χ1n) is 4.81. The zero-order valence-corrected chi connectivity index (χ0v) is 19.2. The fourth-order valence-corrected chi connectivity index (χ4v) is 1.42. The molecule has 1 aromatic heterocycles. The number of hydrogen-bond donors (Lipinski definition) is 1. The molecular weight excluding hydrogens is 471 g/mol. The zero-order valence-electron chi connectivity index (χ0n) is 10.7. The number of aromatic nitrogens is 1. The Morgan fingerprint density at radius 3 is 2.37 bits per heavy atom. The summed E-state index contributed by atoms with van der Waals surface area (Å²) in [5, 5.41) is 6.41. The molecule has 3 radical (unpaired) electrons. The van der Waals surface area contributed by atoms with Gasteiger partial charge in [0, 0.05) is 111 Å². The van der Waals surface area contributed by atoms with Crippen LogP contribution in [0.15, 0.2) is 22.7 Å². The average Bonchev–Trinajstić information content (AvgIpc) is 2.71. The van der Waals surface area contributed by atoms with Gasteiger partial charge in [0.2, 0.25) is 5.91 Å². The van der Waals surface area contributed by atoms with Gasteiger partial charge >= 0.3 is 0 Å². The summed E-state index contributed by atoms with van der Waals surface area (Å²) in [5.74, 6) is 0.263. The number of rotatable bonds is 2. The third kappa shape index (κ3) is 5.49. The average molecular weight is 481 g/mol. The van der Waals surface area contributed by atoms with Gasteiger partial charge in [-0.1, -0.05) is 0 Å². The van der Waals surface area contributed by atoms with Gasteiger partial charge in [-0.15, -0.1) is 0 Å². The molecule has 2 rings (SSSR count). The molecule has 1 amide bonds. The van der Waals surface area contributed by atoms with Crippen molar-refractivity contribution in [3.05, 3.63) is 41.7 Å². The van der Waals surface area contributed by atoms with E-state index in [1.54, 1.807) is 32.2 Å². The Morgan fingerprint density at radius 2 is 1.84 bits per heavy atom. The number of hydrogen-bond acceptors (Lipinski definition) is 3. The van der Waals surface area contributed by atoms with Crippen molar-refractivity contribution in [1.29, 1.82) is 0 Å². The number of benzene rings is 1. The van der Waals surface area contributed by atoms with Crippen molar-refractivity contribution >= 4 is 5.91 Å². The number of nitrogens with one attached hydrogen (secondary N) is 1. The van der Waals surface area contributed by atoms with Gasteiger partial charge in [-0.25, -0.2) is 18.2 Å². The molecule has 1 N–H and O–H groups in total. The molecule has 0 aliphatic rings. The molecule has 0 saturated carbocycles. The fraction of sp³-hybridized carbons (Fsp3) is 0.167. The van der Waals surface area contributed by atoms with E-state index in [2.05, 4.69) is 22.6 Å². The Kier molecular flexibility index (Phi) is 12.9. The van der Waals surface area contributed by atoms with E-state index in [0.29, 0.717) is 22.6 Å². The first-order valence-corrected chi connectivity index (χ1v) is 4.81. The van der Waals surface area contributed by atoms with Crippen LogP contribution in [0.5, 0.6) is 0 Å². The minimum Gasteiger partial charge on any atom is -0.381 e. The van der Waals surface area contributed by atoms with E-state index in [4.69, 9.17) is 4.52 Å². The summed E-state index contributed by atoms with van der Waals surface area (Å²) in [4.78, 5) is 11.7. The first-order chi connectivity index (χ1) is 7.74. The van der Waals surface area contributed by atoms with Crippen LogP contribution in [0.25, 0.3) is 11.3 Å². The molecule has 0 aliphatic heterocycles. The predicted molar refractivity (Wildman–Crippen MR) is 57.7 cm³/mol. The van der Waals surface area contributed by atoms with E-state index in [-0.39, 0.29) is 104 Å². The maximum absolute atomic E-state index is 11.7. The van der Waals surface area contributed by atoms with Crippen LogP contribution in [-0.2, 0) is 98.1 Å². The van der Waals surface area contributed by atoms with Crippen molar-refractivity contribution < 1.29 is 107 Å². The van der Waals surface area contributed by atoms with Crippen LogP contribution in [0, 0.1) is 19.1 Å². The Morgan fingerprint density at radius 1 is 1.26 bits per heavy atom. The van der Waals surface area contributed by atoms with Gasteiger partial charge < -0.3 is 9.84 Å². The Balaban J connectivity index is 0. The second kappa shape index (κ2) is 10.9. The van der Waals surface area contributed by atoms with Gasteiger partial charge in [-0.05, 0) is 12.6 Å². The molecule has 0 aliphatic carbocycles. The van der Waals surface area contributed by atoms with Crippen LogP contribution < -0.4 is 5.32 Å². The van der Waals surface area contributed by atoms with E-state index < -0.39 is 0 Å². The number of amides is 1. The summed E-state index contributed by atoms with van der Waals surface area (Å²) < 4.78 is 5.02. The van der Waals surface area contributed by atoms with Crippen molar-refractivity contribution in [3.63, 3.8) is 0 Å². The molecule has 0 unspecified atom stereocenters. The summed E-state index contributed by atoms with van der Waals surface area (Å²) in [7, 11) is 1.57. The van der Waals surface area contributed by atoms with Gasteiger partial charge in [-0.2, -0.15) is 5.16 Å². The van der Waals surface area contributed by atoms with Gasteiger partial charge in [0.1, 0.15) is 5.76 Å². The topological polar surface area (TPSA) is 55.1 Å². The predicted octanol–water partition coefficient (Wildman–Crippen LogP) is 1.60. The van der Waals surface area contributed by atoms with Crippen LogP contribution in [0.2, 0.25) is 0 Å². The molecule has 0 atom stereocenters. The Bertz CT molecular complexity index is 515. The third-order valence-corrected chi connectivity index (χ3v) is 2.20. The van der Waals surface area contributed by atoms with Crippen molar-refractivity contribution in [2.24, 2.45) is 0 Å². The van der Waals surface area contributed by atoms with Gasteiger partial charge in [0.05, 0.1) is 0 Å². The molecule has 0 bridgehead atoms. The Hall–Kier alpha value is 1.21. The normalized spacial score (nSPS) is 8.53. The SMILES string of the molecule is CNC(=O)c1c(-c2[c-]ccc[c-]2)noc1C.[Y].[Y].[Y]. The van der Waals surface area contributed by atoms with Crippen LogP contribution >= 0.6 is 0 Å². The van der Waals surface area contributed by atoms with Gasteiger partial charge in [0.25, 0.3) is 0 Å². The maximum Gasteiger partial charge on any atom is 0.238 e. The molecule has 7 heteroatoms. The summed E-state index contributed by atoms with van der Waals surface area (Å²) >= 11 is 0. The summed E-state index contributed by atoms with van der Waals surface area (Å²) in [6, 6.07) is 11.2. The standard InChI is InChI=1S/C12H10N2O2.3Y/c1-8-10(12(15)13-2)11(14-16-8)9-6-4-3-5-7-9;;;/h3-5H,1-2H3,(H,13,15);;;/q-2;;;. The van der Waals surface area contributed by atoms with E-state index in [9.17, 15) is 4.79 Å². The molecular formula is C12H10N2O2Y3-2. The molecule has 0 fully saturated rings. The van der Waals surface area contributed by atoms with E-state index in [0.717, 1.165) is 0 Å². The second-order valence-electron chi connectivity index (χ2n) is 3.23. The largest absolute Gasteiger partial charge is 0.381 e. The quantitative estimate of drug-likeness (QED) is 0.664. The van der Waals surface area contributed by atoms with Crippen molar-refractivity contribution in [1.82, 2.24) is 10.5 Å². The van der Waals surface area contributed by atoms with Gasteiger partial charge in [0.15, 0.2) is 0 Å². The van der Waals surface area contributed by atoms with Crippen molar-refractivity contribution in [2.45, 2.75) is 6.92 Å². The Labute approximate surface area is 187 Å². The number of carbonyl (C=O) groups excluding carboxylic acids is 1. The van der Waals surface area contributed by atoms with Crippen LogP contribution in [0.1, 0.15) is 16.1 Å². The second-order valence-corrected chi connectivity index (χ2v) is 3.23. The van der Waals surface area contributed by atoms with E-state index in [1.807, 2.05) is 0 Å². The fourth-order valence-electron chi connectivity index (χ4n) is 1.42. The van der Waals surface area contributed by atoms with Crippen LogP contribution in [0.3, 0.4) is 0 Å². The summed E-state index contributed by atoms with van der Waals surface area (Å²) in [5.41, 5.74) is 1.52. The van der Waals surface area contributed by atoms with Gasteiger partial charge in [-0.3, -0.25) is 22.5 Å². The molecule has 1 heterocycles. The molecule has 4 nitrogen and oxygen atoms in total. The zero-order chi connectivity index (χ0) is 11.5. The number of nitrogens with zero attached hydrogens (tertiary/aromatic N) is 1. The summed E-state index contributed by atoms with van der Waals surface area (Å²) in [6.07, 6.45) is 0. The maximum atomic E-state index is 11.7. The smallest absolute Gasteiger partial charge is 0.238 e. The van der Waals surface area contributed by atoms with Crippen molar-refractivity contribution in [3.8, 4) is 11.3 Å². The summed E-state index contributed by atoms with van der Waals surface area (Å²) in [6.45, 7) is 1.70. The molecule has 0 saturated heterocycles. The van der Waals surface area contributed by atoms with E-state index >= 15 is 0 Å². The molecule has 2 aromatic rings. The number of aryl methyl sites for hydroxylation is 1. The van der Waals surface area contributed by atoms with Crippen molar-refractivity contribution in [2.75, 3.05) is 7.05 Å². The molecule has 19 heavy (non-hydrogen) atoms. The minimum absolute atomic E-state index is 0. The van der Waals surface area contributed by atoms with Crippen LogP contribution in [0.4, 0.5) is 0 Å².